The van der Waals surface area contributed by atoms with E-state index in [0.29, 0.717) is 12.1 Å². The molecule has 2 aliphatic rings. The molecule has 2 aliphatic heterocycles. The van der Waals surface area contributed by atoms with E-state index < -0.39 is 0 Å². The Labute approximate surface area is 91.6 Å². The van der Waals surface area contributed by atoms with Crippen LogP contribution in [0.4, 0.5) is 0 Å². The minimum Gasteiger partial charge on any atom is -0.392 e. The van der Waals surface area contributed by atoms with E-state index in [4.69, 9.17) is 4.74 Å². The normalized spacial score (nSPS) is 39.2. The Bertz CT molecular complexity index is 201. The summed E-state index contributed by atoms with van der Waals surface area (Å²) in [5.74, 6) is 0. The Hall–Kier alpha value is -0.160. The number of aliphatic hydroxyl groups excluding tert-OH is 1. The number of hydrogen-bond acceptors (Lipinski definition) is 4. The third-order valence-electron chi connectivity index (χ3n) is 3.21. The van der Waals surface area contributed by atoms with Crippen molar-refractivity contribution in [1.29, 1.82) is 0 Å². The fourth-order valence-electron chi connectivity index (χ4n) is 2.49. The highest BCUT2D eigenvalue weighted by Crippen LogP contribution is 2.11. The van der Waals surface area contributed by atoms with Crippen LogP contribution < -0.4 is 5.32 Å². The van der Waals surface area contributed by atoms with Crippen molar-refractivity contribution in [2.24, 2.45) is 0 Å². The number of nitrogens with zero attached hydrogens (tertiary/aromatic N) is 1. The van der Waals surface area contributed by atoms with Crippen molar-refractivity contribution in [3.63, 3.8) is 0 Å². The Morgan fingerprint density at radius 1 is 1.53 bits per heavy atom. The number of nitrogens with one attached hydrogen (secondary N) is 1. The molecule has 0 spiro atoms. The summed E-state index contributed by atoms with van der Waals surface area (Å²) in [6.45, 7) is 6.97. The Balaban J connectivity index is 1.77. The molecule has 2 N–H and O–H groups in total. The molecule has 0 saturated carbocycles. The van der Waals surface area contributed by atoms with Crippen molar-refractivity contribution in [1.82, 2.24) is 10.2 Å². The van der Waals surface area contributed by atoms with Crippen LogP contribution in [0.25, 0.3) is 0 Å². The van der Waals surface area contributed by atoms with Gasteiger partial charge in [0, 0.05) is 38.8 Å². The van der Waals surface area contributed by atoms with E-state index >= 15 is 0 Å². The van der Waals surface area contributed by atoms with Crippen LogP contribution in [-0.4, -0.2) is 61.0 Å². The molecule has 4 heteroatoms. The molecule has 88 valence electrons. The van der Waals surface area contributed by atoms with E-state index in [1.807, 2.05) is 0 Å². The van der Waals surface area contributed by atoms with Crippen LogP contribution in [0.3, 0.4) is 0 Å². The van der Waals surface area contributed by atoms with Gasteiger partial charge in [-0.15, -0.1) is 0 Å². The van der Waals surface area contributed by atoms with Crippen LogP contribution in [0.2, 0.25) is 0 Å². The maximum absolute atomic E-state index is 9.43. The van der Waals surface area contributed by atoms with Crippen molar-refractivity contribution in [3.05, 3.63) is 0 Å². The molecule has 2 heterocycles. The van der Waals surface area contributed by atoms with Gasteiger partial charge in [0.1, 0.15) is 0 Å². The fourth-order valence-corrected chi connectivity index (χ4v) is 2.49. The first kappa shape index (κ1) is 11.3. The molecule has 3 unspecified atom stereocenters. The van der Waals surface area contributed by atoms with Gasteiger partial charge in [-0.05, 0) is 19.8 Å². The van der Waals surface area contributed by atoms with Gasteiger partial charge in [-0.2, -0.15) is 0 Å². The van der Waals surface area contributed by atoms with E-state index in [9.17, 15) is 5.11 Å². The number of ether oxygens (including phenoxy) is 1. The monoisotopic (exact) mass is 214 g/mol. The Kier molecular flexibility index (Phi) is 3.97. The molecular formula is C11H22N2O2. The van der Waals surface area contributed by atoms with Gasteiger partial charge in [0.15, 0.2) is 0 Å². The van der Waals surface area contributed by atoms with Crippen LogP contribution in [-0.2, 0) is 4.74 Å². The lowest BCUT2D eigenvalue weighted by Gasteiger charge is -2.24. The number of β-amino-alcohol motifs (C(OH)–C–C–N with tert-alkyl or cyclic N) is 1. The smallest absolute Gasteiger partial charge is 0.0680 e. The zero-order valence-electron chi connectivity index (χ0n) is 9.48. The van der Waals surface area contributed by atoms with Gasteiger partial charge in [-0.1, -0.05) is 0 Å². The van der Waals surface area contributed by atoms with E-state index in [0.717, 1.165) is 45.6 Å². The van der Waals surface area contributed by atoms with Gasteiger partial charge in [-0.25, -0.2) is 0 Å². The average molecular weight is 214 g/mol. The highest BCUT2D eigenvalue weighted by atomic mass is 16.5. The van der Waals surface area contributed by atoms with Gasteiger partial charge in [0.25, 0.3) is 0 Å². The van der Waals surface area contributed by atoms with Gasteiger partial charge in [0.05, 0.1) is 12.2 Å². The highest BCUT2D eigenvalue weighted by molar-refractivity contribution is 4.84. The quantitative estimate of drug-likeness (QED) is 0.669. The standard InChI is InChI=1S/C11H22N2O2/c1-9-7-13(3-2-4-15-9)8-10-5-11(14)6-12-10/h9-12,14H,2-8H2,1H3. The lowest BCUT2D eigenvalue weighted by molar-refractivity contribution is 0.0665. The number of hydrogen-bond donors (Lipinski definition) is 2. The second kappa shape index (κ2) is 5.25. The molecule has 0 bridgehead atoms. The summed E-state index contributed by atoms with van der Waals surface area (Å²) in [6, 6.07) is 0.463. The van der Waals surface area contributed by atoms with Gasteiger partial charge in [0.2, 0.25) is 0 Å². The van der Waals surface area contributed by atoms with E-state index in [1.165, 1.54) is 0 Å². The zero-order valence-corrected chi connectivity index (χ0v) is 9.48. The van der Waals surface area contributed by atoms with Crippen LogP contribution >= 0.6 is 0 Å². The average Bonchev–Trinajstić information content (AvgIpc) is 2.46. The van der Waals surface area contributed by atoms with Gasteiger partial charge < -0.3 is 15.2 Å². The minimum atomic E-state index is -0.143. The topological polar surface area (TPSA) is 44.7 Å². The second-order valence-electron chi connectivity index (χ2n) is 4.79. The van der Waals surface area contributed by atoms with Crippen LogP contribution in [0.15, 0.2) is 0 Å². The molecule has 4 nitrogen and oxygen atoms in total. The fraction of sp³-hybridized carbons (Fsp3) is 1.00. The third-order valence-corrected chi connectivity index (χ3v) is 3.21. The molecule has 0 radical (unpaired) electrons. The van der Waals surface area contributed by atoms with Crippen molar-refractivity contribution in [2.75, 3.05) is 32.8 Å². The largest absolute Gasteiger partial charge is 0.392 e. The first-order valence-electron chi connectivity index (χ1n) is 5.99. The van der Waals surface area contributed by atoms with E-state index in [-0.39, 0.29) is 6.10 Å². The predicted molar refractivity (Wildman–Crippen MR) is 58.9 cm³/mol. The SMILES string of the molecule is CC1CN(CC2CC(O)CN2)CCCO1. The summed E-state index contributed by atoms with van der Waals surface area (Å²) < 4.78 is 5.61. The first-order chi connectivity index (χ1) is 7.24. The molecule has 2 fully saturated rings. The van der Waals surface area contributed by atoms with Crippen molar-refractivity contribution in [3.8, 4) is 0 Å². The van der Waals surface area contributed by atoms with Gasteiger partial charge >= 0.3 is 0 Å². The Morgan fingerprint density at radius 2 is 2.40 bits per heavy atom. The van der Waals surface area contributed by atoms with E-state index in [1.54, 1.807) is 0 Å². The highest BCUT2D eigenvalue weighted by Gasteiger charge is 2.25. The van der Waals surface area contributed by atoms with Crippen LogP contribution in [0.5, 0.6) is 0 Å². The summed E-state index contributed by atoms with van der Waals surface area (Å²) >= 11 is 0. The molecule has 0 amide bonds. The van der Waals surface area contributed by atoms with Crippen LogP contribution in [0.1, 0.15) is 19.8 Å². The molecular weight excluding hydrogens is 192 g/mol. The lowest BCUT2D eigenvalue weighted by atomic mass is 10.2. The summed E-state index contributed by atoms with van der Waals surface area (Å²) in [5, 5.41) is 12.8. The summed E-state index contributed by atoms with van der Waals surface area (Å²) in [7, 11) is 0. The number of aliphatic hydroxyl groups is 1. The Morgan fingerprint density at radius 3 is 3.13 bits per heavy atom. The first-order valence-corrected chi connectivity index (χ1v) is 5.99. The second-order valence-corrected chi connectivity index (χ2v) is 4.79. The lowest BCUT2D eigenvalue weighted by Crippen LogP contribution is -2.40. The molecule has 0 aromatic carbocycles. The van der Waals surface area contributed by atoms with Crippen LogP contribution in [0, 0.1) is 0 Å². The number of rotatable bonds is 2. The summed E-state index contributed by atoms with van der Waals surface area (Å²) in [4.78, 5) is 2.45. The molecule has 2 rings (SSSR count). The molecule has 0 aliphatic carbocycles. The zero-order chi connectivity index (χ0) is 10.7. The maximum Gasteiger partial charge on any atom is 0.0680 e. The van der Waals surface area contributed by atoms with Crippen molar-refractivity contribution < 1.29 is 9.84 Å². The third kappa shape index (κ3) is 3.41. The minimum absolute atomic E-state index is 0.143. The van der Waals surface area contributed by atoms with Crippen molar-refractivity contribution >= 4 is 0 Å². The van der Waals surface area contributed by atoms with Gasteiger partial charge in [-0.3, -0.25) is 4.90 Å². The molecule has 0 aromatic rings. The molecule has 15 heavy (non-hydrogen) atoms. The summed E-state index contributed by atoms with van der Waals surface area (Å²) in [5.41, 5.74) is 0. The molecule has 2 saturated heterocycles. The predicted octanol–water partition coefficient (Wildman–Crippen LogP) is -0.180. The molecule has 0 aromatic heterocycles. The maximum atomic E-state index is 9.43. The van der Waals surface area contributed by atoms with E-state index in [2.05, 4.69) is 17.1 Å². The summed E-state index contributed by atoms with van der Waals surface area (Å²) in [6.07, 6.45) is 2.22. The van der Waals surface area contributed by atoms with Crippen molar-refractivity contribution in [2.45, 2.75) is 38.0 Å². The molecule has 3 atom stereocenters.